The molecule has 0 radical (unpaired) electrons. The number of carbonyl (C=O) groups is 1. The first kappa shape index (κ1) is 13.4. The molecule has 0 aliphatic carbocycles. The molecule has 1 aromatic rings. The lowest BCUT2D eigenvalue weighted by Crippen LogP contribution is -2.64. The molecule has 0 bridgehead atoms. The van der Waals surface area contributed by atoms with Gasteiger partial charge in [0.25, 0.3) is 0 Å². The van der Waals surface area contributed by atoms with E-state index in [4.69, 9.17) is 4.42 Å². The molecule has 1 atom stereocenters. The molecule has 0 aromatic carbocycles. The van der Waals surface area contributed by atoms with Gasteiger partial charge in [0, 0.05) is 46.2 Å². The summed E-state index contributed by atoms with van der Waals surface area (Å²) >= 11 is 0. The van der Waals surface area contributed by atoms with Crippen molar-refractivity contribution in [1.29, 1.82) is 0 Å². The maximum Gasteiger partial charge on any atom is 0.318 e. The molecule has 0 saturated carbocycles. The van der Waals surface area contributed by atoms with Crippen LogP contribution < -0.4 is 4.90 Å². The summed E-state index contributed by atoms with van der Waals surface area (Å²) < 4.78 is 5.67. The van der Waals surface area contributed by atoms with E-state index in [0.717, 1.165) is 39.0 Å². The van der Waals surface area contributed by atoms with Gasteiger partial charge in [-0.25, -0.2) is 0 Å². The Labute approximate surface area is 118 Å². The van der Waals surface area contributed by atoms with E-state index in [-0.39, 0.29) is 11.9 Å². The highest BCUT2D eigenvalue weighted by atomic mass is 16.4. The maximum atomic E-state index is 12.2. The Morgan fingerprint density at radius 2 is 2.05 bits per heavy atom. The summed E-state index contributed by atoms with van der Waals surface area (Å²) in [5.74, 6) is 0.867. The molecule has 0 spiro atoms. The average molecular weight is 279 g/mol. The fourth-order valence-electron chi connectivity index (χ4n) is 2.83. The molecular formula is C13H21N5O2. The van der Waals surface area contributed by atoms with E-state index in [1.54, 1.807) is 4.90 Å². The van der Waals surface area contributed by atoms with Gasteiger partial charge in [-0.15, -0.1) is 5.10 Å². The highest BCUT2D eigenvalue weighted by molar-refractivity contribution is 5.83. The van der Waals surface area contributed by atoms with Crippen LogP contribution in [0.25, 0.3) is 0 Å². The normalized spacial score (nSPS) is 24.1. The average Bonchev–Trinajstić information content (AvgIpc) is 2.92. The van der Waals surface area contributed by atoms with Crippen LogP contribution in [0.5, 0.6) is 0 Å². The molecule has 2 fully saturated rings. The molecule has 1 aromatic heterocycles. The van der Waals surface area contributed by atoms with Gasteiger partial charge in [0.15, 0.2) is 0 Å². The number of aromatic nitrogens is 2. The first-order valence-electron chi connectivity index (χ1n) is 7.25. The lowest BCUT2D eigenvalue weighted by molar-refractivity contribution is -0.140. The number of hydrogen-bond donors (Lipinski definition) is 0. The molecule has 0 N–H and O–H groups in total. The third-order valence-corrected chi connectivity index (χ3v) is 4.07. The van der Waals surface area contributed by atoms with Crippen LogP contribution in [0.1, 0.15) is 19.2 Å². The van der Waals surface area contributed by atoms with Gasteiger partial charge in [-0.1, -0.05) is 12.0 Å². The van der Waals surface area contributed by atoms with E-state index in [0.29, 0.717) is 18.5 Å². The summed E-state index contributed by atoms with van der Waals surface area (Å²) in [7, 11) is 1.87. The molecule has 110 valence electrons. The Bertz CT molecular complexity index is 489. The Morgan fingerprint density at radius 1 is 1.25 bits per heavy atom. The number of aryl methyl sites for hydroxylation is 1. The summed E-state index contributed by atoms with van der Waals surface area (Å²) in [6, 6.07) is 0.471. The minimum absolute atomic E-state index is 0.0796. The topological polar surface area (TPSA) is 65.7 Å². The van der Waals surface area contributed by atoms with E-state index in [9.17, 15) is 4.79 Å². The second-order valence-corrected chi connectivity index (χ2v) is 5.49. The zero-order chi connectivity index (χ0) is 14.1. The number of hydrogen-bond acceptors (Lipinski definition) is 6. The van der Waals surface area contributed by atoms with Crippen molar-refractivity contribution < 1.29 is 9.21 Å². The van der Waals surface area contributed by atoms with E-state index in [2.05, 4.69) is 22.0 Å². The molecule has 3 rings (SSSR count). The van der Waals surface area contributed by atoms with Gasteiger partial charge < -0.3 is 14.2 Å². The van der Waals surface area contributed by atoms with Gasteiger partial charge >= 0.3 is 6.01 Å². The predicted molar refractivity (Wildman–Crippen MR) is 73.5 cm³/mol. The molecule has 1 amide bonds. The minimum atomic E-state index is -0.0796. The third-order valence-electron chi connectivity index (χ3n) is 4.07. The standard InChI is InChI=1S/C13H21N5O2/c1-3-4-11-14-15-13(20-11)18-8-7-17-6-5-16(2)12(19)10(17)9-18/h10H,3-9H2,1-2H3/t10-/m1/s1. The molecule has 7 heteroatoms. The molecule has 2 aliphatic heterocycles. The van der Waals surface area contributed by atoms with Crippen LogP contribution in [0.4, 0.5) is 6.01 Å². The Hall–Kier alpha value is -1.63. The molecule has 7 nitrogen and oxygen atoms in total. The monoisotopic (exact) mass is 279 g/mol. The Kier molecular flexibility index (Phi) is 3.60. The van der Waals surface area contributed by atoms with Crippen LogP contribution in [0, 0.1) is 0 Å². The van der Waals surface area contributed by atoms with E-state index < -0.39 is 0 Å². The minimum Gasteiger partial charge on any atom is -0.408 e. The lowest BCUT2D eigenvalue weighted by atomic mass is 10.1. The van der Waals surface area contributed by atoms with Gasteiger partial charge in [-0.3, -0.25) is 9.69 Å². The van der Waals surface area contributed by atoms with Crippen LogP contribution in [-0.2, 0) is 11.2 Å². The van der Waals surface area contributed by atoms with Crippen molar-refractivity contribution >= 4 is 11.9 Å². The Morgan fingerprint density at radius 3 is 2.85 bits per heavy atom. The summed E-state index contributed by atoms with van der Waals surface area (Å²) in [6.45, 7) is 6.19. The second-order valence-electron chi connectivity index (χ2n) is 5.49. The van der Waals surface area contributed by atoms with E-state index in [1.807, 2.05) is 11.9 Å². The summed E-state index contributed by atoms with van der Waals surface area (Å²) in [6.07, 6.45) is 1.79. The van der Waals surface area contributed by atoms with Gasteiger partial charge in [0.1, 0.15) is 6.04 Å². The van der Waals surface area contributed by atoms with Crippen molar-refractivity contribution in [3.63, 3.8) is 0 Å². The summed E-state index contributed by atoms with van der Waals surface area (Å²) in [4.78, 5) is 18.3. The highest BCUT2D eigenvalue weighted by Crippen LogP contribution is 2.21. The van der Waals surface area contributed by atoms with Crippen LogP contribution in [0.15, 0.2) is 4.42 Å². The fraction of sp³-hybridized carbons (Fsp3) is 0.769. The number of amides is 1. The highest BCUT2D eigenvalue weighted by Gasteiger charge is 2.38. The molecule has 2 saturated heterocycles. The number of likely N-dealkylation sites (N-methyl/N-ethyl adjacent to an activating group) is 1. The Balaban J connectivity index is 1.71. The lowest BCUT2D eigenvalue weighted by Gasteiger charge is -2.44. The van der Waals surface area contributed by atoms with Crippen molar-refractivity contribution in [3.05, 3.63) is 5.89 Å². The zero-order valence-electron chi connectivity index (χ0n) is 12.1. The SMILES string of the molecule is CCCc1nnc(N2CCN3CCN(C)C(=O)[C@H]3C2)o1. The number of fused-ring (bicyclic) bond motifs is 1. The predicted octanol–water partition coefficient (Wildman–Crippen LogP) is -0.0153. The van der Waals surface area contributed by atoms with Gasteiger partial charge in [0.05, 0.1) is 0 Å². The second kappa shape index (κ2) is 5.40. The molecule has 2 aliphatic rings. The quantitative estimate of drug-likeness (QED) is 0.775. The van der Waals surface area contributed by atoms with E-state index in [1.165, 1.54) is 0 Å². The van der Waals surface area contributed by atoms with Gasteiger partial charge in [0.2, 0.25) is 11.8 Å². The van der Waals surface area contributed by atoms with Gasteiger partial charge in [-0.2, -0.15) is 0 Å². The number of anilines is 1. The zero-order valence-corrected chi connectivity index (χ0v) is 12.1. The van der Waals surface area contributed by atoms with Gasteiger partial charge in [-0.05, 0) is 6.42 Å². The number of carbonyl (C=O) groups excluding carboxylic acids is 1. The summed E-state index contributed by atoms with van der Waals surface area (Å²) in [5.41, 5.74) is 0. The number of rotatable bonds is 3. The van der Waals surface area contributed by atoms with Crippen molar-refractivity contribution in [1.82, 2.24) is 20.0 Å². The van der Waals surface area contributed by atoms with Crippen molar-refractivity contribution in [2.45, 2.75) is 25.8 Å². The van der Waals surface area contributed by atoms with Crippen LogP contribution in [0.3, 0.4) is 0 Å². The summed E-state index contributed by atoms with van der Waals surface area (Å²) in [5, 5.41) is 8.16. The number of piperazine rings is 2. The van der Waals surface area contributed by atoms with Crippen LogP contribution in [0.2, 0.25) is 0 Å². The largest absolute Gasteiger partial charge is 0.408 e. The fourth-order valence-corrected chi connectivity index (χ4v) is 2.83. The van der Waals surface area contributed by atoms with Crippen LogP contribution in [-0.4, -0.2) is 71.7 Å². The molecule has 0 unspecified atom stereocenters. The third kappa shape index (κ3) is 2.37. The number of nitrogens with zero attached hydrogens (tertiary/aromatic N) is 5. The molecule has 3 heterocycles. The maximum absolute atomic E-state index is 12.2. The molecular weight excluding hydrogens is 258 g/mol. The van der Waals surface area contributed by atoms with Crippen molar-refractivity contribution in [2.24, 2.45) is 0 Å². The van der Waals surface area contributed by atoms with E-state index >= 15 is 0 Å². The first-order chi connectivity index (χ1) is 9.69. The van der Waals surface area contributed by atoms with Crippen molar-refractivity contribution in [2.75, 3.05) is 44.7 Å². The van der Waals surface area contributed by atoms with Crippen molar-refractivity contribution in [3.8, 4) is 0 Å². The smallest absolute Gasteiger partial charge is 0.318 e. The van der Waals surface area contributed by atoms with Crippen LogP contribution >= 0.6 is 0 Å². The molecule has 20 heavy (non-hydrogen) atoms. The first-order valence-corrected chi connectivity index (χ1v) is 7.25.